The fraction of sp³-hybridized carbons (Fsp3) is 0.231. The number of nitrogens with zero attached hydrogens (tertiary/aromatic N) is 2. The summed E-state index contributed by atoms with van der Waals surface area (Å²) in [6, 6.07) is 5.38. The number of carbonyl (C=O) groups excluding carboxylic acids is 1. The second kappa shape index (κ2) is 6.06. The van der Waals surface area contributed by atoms with Crippen molar-refractivity contribution in [3.8, 4) is 17.0 Å². The lowest BCUT2D eigenvalue weighted by Gasteiger charge is -2.12. The Hall–Kier alpha value is -1.86. The van der Waals surface area contributed by atoms with E-state index in [-0.39, 0.29) is 12.5 Å². The topological polar surface area (TPSA) is 82.2 Å². The van der Waals surface area contributed by atoms with Gasteiger partial charge in [-0.2, -0.15) is 5.10 Å². The Morgan fingerprint density at radius 1 is 1.55 bits per heavy atom. The predicted octanol–water partition coefficient (Wildman–Crippen LogP) is 1.76. The minimum Gasteiger partial charge on any atom is -0.496 e. The second-order valence-corrected chi connectivity index (χ2v) is 4.99. The maximum atomic E-state index is 11.4. The van der Waals surface area contributed by atoms with Crippen LogP contribution in [0.5, 0.6) is 5.75 Å². The Bertz CT molecular complexity index is 620. The third-order valence-electron chi connectivity index (χ3n) is 2.82. The maximum absolute atomic E-state index is 11.4. The van der Waals surface area contributed by atoms with Crippen LogP contribution < -0.4 is 15.8 Å². The van der Waals surface area contributed by atoms with E-state index in [1.165, 1.54) is 0 Å². The van der Waals surface area contributed by atoms with Gasteiger partial charge in [-0.1, -0.05) is 0 Å². The van der Waals surface area contributed by atoms with Crippen molar-refractivity contribution < 1.29 is 9.53 Å². The van der Waals surface area contributed by atoms with Gasteiger partial charge in [0.2, 0.25) is 5.91 Å². The lowest BCUT2D eigenvalue weighted by Crippen LogP contribution is -2.21. The molecule has 7 heteroatoms. The van der Waals surface area contributed by atoms with Crippen LogP contribution >= 0.6 is 15.9 Å². The van der Waals surface area contributed by atoms with Gasteiger partial charge in [0.15, 0.2) is 0 Å². The van der Waals surface area contributed by atoms with Gasteiger partial charge < -0.3 is 15.8 Å². The third-order valence-corrected chi connectivity index (χ3v) is 3.40. The third kappa shape index (κ3) is 2.83. The van der Waals surface area contributed by atoms with Crippen LogP contribution in [0.1, 0.15) is 0 Å². The average Bonchev–Trinajstić information content (AvgIpc) is 2.78. The van der Waals surface area contributed by atoms with Crippen molar-refractivity contribution in [2.45, 2.75) is 0 Å². The molecule has 0 radical (unpaired) electrons. The highest BCUT2D eigenvalue weighted by Crippen LogP contribution is 2.36. The molecule has 0 aliphatic rings. The van der Waals surface area contributed by atoms with Gasteiger partial charge in [-0.25, -0.2) is 0 Å². The number of hydrogen-bond donors (Lipinski definition) is 2. The molecule has 0 aliphatic heterocycles. The Morgan fingerprint density at radius 2 is 2.30 bits per heavy atom. The Balaban J connectivity index is 2.50. The Labute approximate surface area is 125 Å². The predicted molar refractivity (Wildman–Crippen MR) is 80.6 cm³/mol. The van der Waals surface area contributed by atoms with Gasteiger partial charge in [-0.15, -0.1) is 0 Å². The van der Waals surface area contributed by atoms with Crippen molar-refractivity contribution in [1.82, 2.24) is 9.78 Å². The summed E-state index contributed by atoms with van der Waals surface area (Å²) in [5, 5.41) is 6.90. The van der Waals surface area contributed by atoms with Crippen molar-refractivity contribution in [2.24, 2.45) is 12.8 Å². The zero-order chi connectivity index (χ0) is 14.7. The van der Waals surface area contributed by atoms with Gasteiger partial charge >= 0.3 is 0 Å². The van der Waals surface area contributed by atoms with Crippen molar-refractivity contribution in [2.75, 3.05) is 19.0 Å². The molecule has 1 heterocycles. The molecule has 0 fully saturated rings. The zero-order valence-corrected chi connectivity index (χ0v) is 12.8. The smallest absolute Gasteiger partial charge is 0.238 e. The summed E-state index contributed by atoms with van der Waals surface area (Å²) in [6.45, 7) is -0.0588. The van der Waals surface area contributed by atoms with Crippen LogP contribution in [0.3, 0.4) is 0 Å². The number of aryl methyl sites for hydroxylation is 1. The molecule has 1 aromatic heterocycles. The standard InChI is InChI=1S/C13H15BrN4O2/c1-18-13(10(14)7-16-18)9-5-8(17-12(19)6-15)3-4-11(9)20-2/h3-5,7H,6,15H2,1-2H3,(H,17,19). The number of nitrogens with one attached hydrogen (secondary N) is 1. The number of rotatable bonds is 4. The lowest BCUT2D eigenvalue weighted by atomic mass is 10.1. The molecule has 3 N–H and O–H groups in total. The summed E-state index contributed by atoms with van der Waals surface area (Å²) in [6.07, 6.45) is 1.71. The summed E-state index contributed by atoms with van der Waals surface area (Å²) in [4.78, 5) is 11.4. The monoisotopic (exact) mass is 338 g/mol. The molecular formula is C13H15BrN4O2. The Kier molecular flexibility index (Phi) is 4.41. The van der Waals surface area contributed by atoms with E-state index in [0.29, 0.717) is 11.4 Å². The summed E-state index contributed by atoms with van der Waals surface area (Å²) >= 11 is 3.46. The van der Waals surface area contributed by atoms with E-state index in [2.05, 4.69) is 26.3 Å². The first-order chi connectivity index (χ1) is 9.56. The quantitative estimate of drug-likeness (QED) is 0.889. The number of hydrogen-bond acceptors (Lipinski definition) is 4. The van der Waals surface area contributed by atoms with Crippen LogP contribution in [0.2, 0.25) is 0 Å². The number of anilines is 1. The minimum absolute atomic E-state index is 0.0588. The highest BCUT2D eigenvalue weighted by atomic mass is 79.9. The summed E-state index contributed by atoms with van der Waals surface area (Å²) in [7, 11) is 3.44. The molecule has 0 unspecified atom stereocenters. The fourth-order valence-electron chi connectivity index (χ4n) is 1.90. The number of nitrogens with two attached hydrogens (primary N) is 1. The molecule has 0 saturated heterocycles. The van der Waals surface area contributed by atoms with Crippen LogP contribution in [-0.4, -0.2) is 29.3 Å². The molecule has 2 rings (SSSR count). The first kappa shape index (κ1) is 14.5. The largest absolute Gasteiger partial charge is 0.496 e. The average molecular weight is 339 g/mol. The van der Waals surface area contributed by atoms with E-state index in [0.717, 1.165) is 15.7 Å². The molecule has 1 amide bonds. The van der Waals surface area contributed by atoms with Crippen LogP contribution in [-0.2, 0) is 11.8 Å². The number of methoxy groups -OCH3 is 1. The zero-order valence-electron chi connectivity index (χ0n) is 11.2. The number of carbonyl (C=O) groups is 1. The molecule has 1 aromatic carbocycles. The fourth-order valence-corrected chi connectivity index (χ4v) is 2.46. The van der Waals surface area contributed by atoms with Gasteiger partial charge in [0, 0.05) is 18.3 Å². The van der Waals surface area contributed by atoms with E-state index in [9.17, 15) is 4.79 Å². The summed E-state index contributed by atoms with van der Waals surface area (Å²) < 4.78 is 7.95. The highest BCUT2D eigenvalue weighted by Gasteiger charge is 2.15. The SMILES string of the molecule is COc1ccc(NC(=O)CN)cc1-c1c(Br)cnn1C. The number of ether oxygens (including phenoxy) is 1. The van der Waals surface area contributed by atoms with Crippen LogP contribution in [0.25, 0.3) is 11.3 Å². The molecule has 6 nitrogen and oxygen atoms in total. The normalized spacial score (nSPS) is 10.4. The van der Waals surface area contributed by atoms with E-state index >= 15 is 0 Å². The molecule has 0 aliphatic carbocycles. The molecule has 0 bridgehead atoms. The summed E-state index contributed by atoms with van der Waals surface area (Å²) in [5.74, 6) is 0.449. The molecule has 0 atom stereocenters. The van der Waals surface area contributed by atoms with Gasteiger partial charge in [-0.05, 0) is 34.1 Å². The molecule has 0 spiro atoms. The van der Waals surface area contributed by atoms with E-state index < -0.39 is 0 Å². The van der Waals surface area contributed by atoms with E-state index in [1.807, 2.05) is 13.1 Å². The van der Waals surface area contributed by atoms with Gasteiger partial charge in [0.25, 0.3) is 0 Å². The van der Waals surface area contributed by atoms with Gasteiger partial charge in [-0.3, -0.25) is 9.48 Å². The van der Waals surface area contributed by atoms with E-state index in [4.69, 9.17) is 10.5 Å². The van der Waals surface area contributed by atoms with Crippen molar-refractivity contribution >= 4 is 27.5 Å². The molecule has 2 aromatic rings. The minimum atomic E-state index is -0.245. The number of amides is 1. The molecule has 20 heavy (non-hydrogen) atoms. The highest BCUT2D eigenvalue weighted by molar-refractivity contribution is 9.10. The van der Waals surface area contributed by atoms with Crippen molar-refractivity contribution in [3.05, 3.63) is 28.9 Å². The first-order valence-electron chi connectivity index (χ1n) is 5.92. The first-order valence-corrected chi connectivity index (χ1v) is 6.72. The van der Waals surface area contributed by atoms with Gasteiger partial charge in [0.05, 0.1) is 30.0 Å². The lowest BCUT2D eigenvalue weighted by molar-refractivity contribution is -0.114. The van der Waals surface area contributed by atoms with Gasteiger partial charge in [0.1, 0.15) is 5.75 Å². The van der Waals surface area contributed by atoms with Crippen molar-refractivity contribution in [1.29, 1.82) is 0 Å². The Morgan fingerprint density at radius 3 is 2.85 bits per heavy atom. The molecular weight excluding hydrogens is 324 g/mol. The van der Waals surface area contributed by atoms with Crippen LogP contribution in [0.4, 0.5) is 5.69 Å². The molecule has 106 valence electrons. The summed E-state index contributed by atoms with van der Waals surface area (Å²) in [5.41, 5.74) is 7.65. The number of benzene rings is 1. The molecule has 0 saturated carbocycles. The number of aromatic nitrogens is 2. The van der Waals surface area contributed by atoms with Crippen LogP contribution in [0.15, 0.2) is 28.9 Å². The van der Waals surface area contributed by atoms with Crippen molar-refractivity contribution in [3.63, 3.8) is 0 Å². The number of halogens is 1. The maximum Gasteiger partial charge on any atom is 0.238 e. The van der Waals surface area contributed by atoms with E-state index in [1.54, 1.807) is 30.1 Å². The second-order valence-electron chi connectivity index (χ2n) is 4.13. The van der Waals surface area contributed by atoms with Crippen LogP contribution in [0, 0.1) is 0 Å².